The van der Waals surface area contributed by atoms with Gasteiger partial charge < -0.3 is 10.6 Å². The molecule has 2 N–H and O–H groups in total. The Morgan fingerprint density at radius 3 is 2.58 bits per heavy atom. The zero-order chi connectivity index (χ0) is 13.9. The van der Waals surface area contributed by atoms with Crippen LogP contribution in [0.3, 0.4) is 0 Å². The van der Waals surface area contributed by atoms with Gasteiger partial charge in [0.2, 0.25) is 12.3 Å². The second kappa shape index (κ2) is 9.44. The summed E-state index contributed by atoms with van der Waals surface area (Å²) in [4.78, 5) is 22.6. The van der Waals surface area contributed by atoms with Crippen molar-refractivity contribution in [1.82, 2.24) is 5.32 Å². The maximum Gasteiger partial charge on any atom is 0.246 e. The van der Waals surface area contributed by atoms with Crippen LogP contribution in [0.25, 0.3) is 0 Å². The molecule has 1 unspecified atom stereocenters. The third kappa shape index (κ3) is 6.29. The van der Waals surface area contributed by atoms with E-state index in [0.29, 0.717) is 12.8 Å². The van der Waals surface area contributed by atoms with Crippen LogP contribution in [0.5, 0.6) is 0 Å². The van der Waals surface area contributed by atoms with Crippen molar-refractivity contribution in [3.63, 3.8) is 0 Å². The number of hydrogen-bond acceptors (Lipinski definition) is 3. The fraction of sp³-hybridized carbons (Fsp3) is 0.429. The molecule has 0 aliphatic heterocycles. The largest absolute Gasteiger partial charge is 0.347 e. The predicted octanol–water partition coefficient (Wildman–Crippen LogP) is 2.23. The smallest absolute Gasteiger partial charge is 0.246 e. The molecule has 1 aromatic rings. The number of benzene rings is 1. The van der Waals surface area contributed by atoms with E-state index in [-0.39, 0.29) is 5.91 Å². The lowest BCUT2D eigenvalue weighted by atomic mass is 10.1. The van der Waals surface area contributed by atoms with Gasteiger partial charge >= 0.3 is 0 Å². The molecular weight excluding hydrogens is 260 g/mol. The minimum atomic E-state index is -0.474. The average Bonchev–Trinajstić information content (AvgIpc) is 2.43. The molecule has 4 nitrogen and oxygen atoms in total. The van der Waals surface area contributed by atoms with Crippen LogP contribution in [0.4, 0.5) is 5.69 Å². The maximum absolute atomic E-state index is 12.0. The average molecular weight is 280 g/mol. The van der Waals surface area contributed by atoms with E-state index in [1.54, 1.807) is 0 Å². The summed E-state index contributed by atoms with van der Waals surface area (Å²) in [6.45, 7) is 0. The van der Waals surface area contributed by atoms with E-state index < -0.39 is 6.04 Å². The topological polar surface area (TPSA) is 58.2 Å². The summed E-state index contributed by atoms with van der Waals surface area (Å²) in [6.07, 6.45) is 4.16. The second-order valence-electron chi connectivity index (χ2n) is 4.27. The summed E-state index contributed by atoms with van der Waals surface area (Å²) < 4.78 is 0. The van der Waals surface area contributed by atoms with Gasteiger partial charge in [-0.1, -0.05) is 31.0 Å². The number of carbonyl (C=O) groups excluding carboxylic acids is 2. The monoisotopic (exact) mass is 280 g/mol. The number of thiol groups is 1. The molecule has 1 aromatic carbocycles. The van der Waals surface area contributed by atoms with Crippen molar-refractivity contribution >= 4 is 30.6 Å². The Bertz CT molecular complexity index is 384. The van der Waals surface area contributed by atoms with Gasteiger partial charge in [-0.2, -0.15) is 12.6 Å². The van der Waals surface area contributed by atoms with E-state index in [2.05, 4.69) is 23.3 Å². The molecule has 1 atom stereocenters. The Kier molecular flexibility index (Phi) is 7.74. The van der Waals surface area contributed by atoms with E-state index >= 15 is 0 Å². The molecule has 0 fully saturated rings. The lowest BCUT2D eigenvalue weighted by Crippen LogP contribution is -2.39. The zero-order valence-corrected chi connectivity index (χ0v) is 11.7. The Hall–Kier alpha value is -1.49. The van der Waals surface area contributed by atoms with Crippen molar-refractivity contribution < 1.29 is 9.59 Å². The molecule has 0 aromatic heterocycles. The molecular formula is C14H20N2O2S. The first-order valence-corrected chi connectivity index (χ1v) is 7.07. The summed E-state index contributed by atoms with van der Waals surface area (Å²) in [5, 5.41) is 5.36. The highest BCUT2D eigenvalue weighted by atomic mass is 32.1. The number of carbonyl (C=O) groups is 2. The molecule has 19 heavy (non-hydrogen) atoms. The van der Waals surface area contributed by atoms with E-state index in [0.717, 1.165) is 30.7 Å². The van der Waals surface area contributed by atoms with Gasteiger partial charge in [-0.3, -0.25) is 9.59 Å². The number of unbranched alkanes of at least 4 members (excludes halogenated alkanes) is 2. The minimum Gasteiger partial charge on any atom is -0.347 e. The van der Waals surface area contributed by atoms with Crippen LogP contribution < -0.4 is 10.6 Å². The fourth-order valence-corrected chi connectivity index (χ4v) is 1.98. The van der Waals surface area contributed by atoms with Gasteiger partial charge in [-0.25, -0.2) is 0 Å². The van der Waals surface area contributed by atoms with E-state index in [9.17, 15) is 9.59 Å². The number of rotatable bonds is 9. The molecule has 2 amide bonds. The molecule has 0 aliphatic rings. The van der Waals surface area contributed by atoms with Crippen LogP contribution in [0, 0.1) is 0 Å². The number of nitrogens with one attached hydrogen (secondary N) is 2. The number of anilines is 1. The maximum atomic E-state index is 12.0. The highest BCUT2D eigenvalue weighted by Crippen LogP contribution is 2.09. The fourth-order valence-electron chi connectivity index (χ4n) is 1.76. The lowest BCUT2D eigenvalue weighted by molar-refractivity contribution is -0.121. The minimum absolute atomic E-state index is 0.177. The SMILES string of the molecule is O=CNC(CCCCCS)C(=O)Nc1ccccc1. The van der Waals surface area contributed by atoms with Crippen molar-refractivity contribution in [3.8, 4) is 0 Å². The van der Waals surface area contributed by atoms with Crippen molar-refractivity contribution in [2.24, 2.45) is 0 Å². The van der Waals surface area contributed by atoms with Crippen molar-refractivity contribution in [1.29, 1.82) is 0 Å². The second-order valence-corrected chi connectivity index (χ2v) is 4.71. The van der Waals surface area contributed by atoms with Crippen LogP contribution in [0.2, 0.25) is 0 Å². The third-order valence-corrected chi connectivity index (χ3v) is 3.09. The molecule has 0 saturated heterocycles. The number of para-hydroxylation sites is 1. The first-order chi connectivity index (χ1) is 9.27. The summed E-state index contributed by atoms with van der Waals surface area (Å²) in [7, 11) is 0. The summed E-state index contributed by atoms with van der Waals surface area (Å²) in [5.41, 5.74) is 0.737. The highest BCUT2D eigenvalue weighted by Gasteiger charge is 2.16. The Labute approximate surface area is 119 Å². The Morgan fingerprint density at radius 2 is 1.95 bits per heavy atom. The quantitative estimate of drug-likeness (QED) is 0.369. The first-order valence-electron chi connectivity index (χ1n) is 6.44. The van der Waals surface area contributed by atoms with Crippen LogP contribution in [0.15, 0.2) is 30.3 Å². The van der Waals surface area contributed by atoms with Crippen molar-refractivity contribution in [2.75, 3.05) is 11.1 Å². The lowest BCUT2D eigenvalue weighted by Gasteiger charge is -2.15. The van der Waals surface area contributed by atoms with Gasteiger partial charge in [0, 0.05) is 5.69 Å². The molecule has 1 rings (SSSR count). The molecule has 0 radical (unpaired) electrons. The van der Waals surface area contributed by atoms with Gasteiger partial charge in [0.1, 0.15) is 6.04 Å². The highest BCUT2D eigenvalue weighted by molar-refractivity contribution is 7.80. The van der Waals surface area contributed by atoms with Crippen molar-refractivity contribution in [3.05, 3.63) is 30.3 Å². The van der Waals surface area contributed by atoms with Gasteiger partial charge in [0.05, 0.1) is 0 Å². The van der Waals surface area contributed by atoms with E-state index in [1.807, 2.05) is 30.3 Å². The molecule has 5 heteroatoms. The van der Waals surface area contributed by atoms with Crippen LogP contribution >= 0.6 is 12.6 Å². The molecule has 0 saturated carbocycles. The van der Waals surface area contributed by atoms with Gasteiger partial charge in [-0.15, -0.1) is 0 Å². The van der Waals surface area contributed by atoms with Crippen LogP contribution in [0.1, 0.15) is 25.7 Å². The zero-order valence-electron chi connectivity index (χ0n) is 10.8. The van der Waals surface area contributed by atoms with Gasteiger partial charge in [-0.05, 0) is 30.7 Å². The van der Waals surface area contributed by atoms with Gasteiger partial charge in [0.25, 0.3) is 0 Å². The van der Waals surface area contributed by atoms with Crippen LogP contribution in [-0.4, -0.2) is 24.1 Å². The van der Waals surface area contributed by atoms with Gasteiger partial charge in [0.15, 0.2) is 0 Å². The molecule has 0 bridgehead atoms. The summed E-state index contributed by atoms with van der Waals surface area (Å²) in [5.74, 6) is 0.673. The van der Waals surface area contributed by atoms with Crippen molar-refractivity contribution in [2.45, 2.75) is 31.7 Å². The molecule has 0 heterocycles. The van der Waals surface area contributed by atoms with Crippen LogP contribution in [-0.2, 0) is 9.59 Å². The number of hydrogen-bond donors (Lipinski definition) is 3. The third-order valence-electron chi connectivity index (χ3n) is 2.78. The standard InChI is InChI=1S/C14H20N2O2S/c17-11-15-13(9-5-2-6-10-19)14(18)16-12-7-3-1-4-8-12/h1,3-4,7-8,11,13,19H,2,5-6,9-10H2,(H,15,17)(H,16,18). The first kappa shape index (κ1) is 15.6. The number of amides is 2. The molecule has 0 aliphatic carbocycles. The predicted molar refractivity (Wildman–Crippen MR) is 80.4 cm³/mol. The van der Waals surface area contributed by atoms with E-state index in [4.69, 9.17) is 0 Å². The Morgan fingerprint density at radius 1 is 1.21 bits per heavy atom. The Balaban J connectivity index is 2.45. The normalized spacial score (nSPS) is 11.6. The van der Waals surface area contributed by atoms with E-state index in [1.165, 1.54) is 0 Å². The molecule has 104 valence electrons. The summed E-state index contributed by atoms with van der Waals surface area (Å²) in [6, 6.07) is 8.74. The molecule has 0 spiro atoms. The summed E-state index contributed by atoms with van der Waals surface area (Å²) >= 11 is 4.14.